The molecule has 0 saturated carbocycles. The van der Waals surface area contributed by atoms with Gasteiger partial charge in [0.2, 0.25) is 0 Å². The number of rotatable bonds is 7. The van der Waals surface area contributed by atoms with Crippen LogP contribution in [0.25, 0.3) is 10.9 Å². The molecule has 0 bridgehead atoms. The maximum Gasteiger partial charge on any atom is 0.187 e. The average molecular weight is 471 g/mol. The van der Waals surface area contributed by atoms with Crippen LogP contribution in [-0.4, -0.2) is 68.6 Å². The van der Waals surface area contributed by atoms with Crippen molar-refractivity contribution >= 4 is 39.6 Å². The molecule has 4 rings (SSSR count). The topological polar surface area (TPSA) is 86.5 Å². The van der Waals surface area contributed by atoms with E-state index in [2.05, 4.69) is 32.4 Å². The maximum atomic E-state index is 14.6. The molecule has 2 heterocycles. The van der Waals surface area contributed by atoms with Crippen LogP contribution in [0.5, 0.6) is 5.75 Å². The Morgan fingerprint density at radius 1 is 1.18 bits per heavy atom. The number of hydrogen-bond donors (Lipinski definition) is 1. The van der Waals surface area contributed by atoms with Gasteiger partial charge < -0.3 is 24.6 Å². The van der Waals surface area contributed by atoms with Crippen molar-refractivity contribution in [1.29, 1.82) is 5.26 Å². The number of piperazine rings is 1. The van der Waals surface area contributed by atoms with Crippen molar-refractivity contribution in [1.82, 2.24) is 15.1 Å². The molecule has 1 aliphatic heterocycles. The number of methoxy groups -OCH3 is 1. The molecule has 0 aliphatic carbocycles. The van der Waals surface area contributed by atoms with Crippen LogP contribution in [0.2, 0.25) is 5.02 Å². The molecule has 2 aromatic carbocycles. The summed E-state index contributed by atoms with van der Waals surface area (Å²) in [4.78, 5) is 4.50. The highest BCUT2D eigenvalue weighted by Crippen LogP contribution is 2.38. The van der Waals surface area contributed by atoms with Crippen LogP contribution < -0.4 is 15.0 Å². The number of halogens is 2. The first kappa shape index (κ1) is 23.0. The number of benzene rings is 2. The van der Waals surface area contributed by atoms with Gasteiger partial charge in [-0.05, 0) is 25.2 Å². The van der Waals surface area contributed by atoms with Gasteiger partial charge in [-0.25, -0.2) is 4.39 Å². The molecule has 172 valence electrons. The second kappa shape index (κ2) is 10.2. The summed E-state index contributed by atoms with van der Waals surface area (Å²) in [5.74, 6) is 0.0508. The number of hydrogen-bond acceptors (Lipinski definition) is 8. The smallest absolute Gasteiger partial charge is 0.187 e. The number of anilines is 3. The molecule has 1 fully saturated rings. The largest absolute Gasteiger partial charge is 0.489 e. The van der Waals surface area contributed by atoms with E-state index >= 15 is 0 Å². The summed E-state index contributed by atoms with van der Waals surface area (Å²) in [6.45, 7) is 4.28. The fraction of sp³-hybridized carbons (Fsp3) is 0.348. The standard InChI is InChI=1S/C23H24ClFN6O2/c1-30-6-8-31(9-7-30)20-12-15-18(13-21(20)33-11-10-32-2)28-29-19(14-26)23(15)27-17-5-3-4-16(24)22(17)25/h3-5,12-13H,6-11H2,1-2H3,(H,27,28). The van der Waals surface area contributed by atoms with Crippen molar-refractivity contribution in [3.05, 3.63) is 46.9 Å². The fourth-order valence-corrected chi connectivity index (χ4v) is 3.88. The van der Waals surface area contributed by atoms with Gasteiger partial charge in [-0.2, -0.15) is 5.26 Å². The quantitative estimate of drug-likeness (QED) is 0.521. The number of aromatic nitrogens is 2. The Kier molecular flexibility index (Phi) is 7.08. The Balaban J connectivity index is 1.83. The Bertz CT molecular complexity index is 1190. The van der Waals surface area contributed by atoms with Crippen LogP contribution in [0.4, 0.5) is 21.5 Å². The van der Waals surface area contributed by atoms with E-state index in [9.17, 15) is 9.65 Å². The molecule has 0 spiro atoms. The van der Waals surface area contributed by atoms with Gasteiger partial charge in [0.05, 0.1) is 34.2 Å². The number of nitriles is 1. The maximum absolute atomic E-state index is 14.6. The molecule has 3 aromatic rings. The fourth-order valence-electron chi connectivity index (χ4n) is 3.71. The van der Waals surface area contributed by atoms with Gasteiger partial charge in [-0.1, -0.05) is 17.7 Å². The minimum atomic E-state index is -0.605. The summed E-state index contributed by atoms with van der Waals surface area (Å²) >= 11 is 5.95. The second-order valence-corrected chi connectivity index (χ2v) is 8.14. The van der Waals surface area contributed by atoms with E-state index < -0.39 is 5.82 Å². The molecule has 1 N–H and O–H groups in total. The highest BCUT2D eigenvalue weighted by atomic mass is 35.5. The van der Waals surface area contributed by atoms with E-state index in [0.29, 0.717) is 35.6 Å². The van der Waals surface area contributed by atoms with Crippen molar-refractivity contribution in [2.75, 3.05) is 63.8 Å². The first-order valence-electron chi connectivity index (χ1n) is 10.5. The molecule has 1 aromatic heterocycles. The molecular weight excluding hydrogens is 447 g/mol. The average Bonchev–Trinajstić information content (AvgIpc) is 2.82. The van der Waals surface area contributed by atoms with Gasteiger partial charge in [0.15, 0.2) is 11.5 Å². The molecule has 10 heteroatoms. The van der Waals surface area contributed by atoms with Gasteiger partial charge >= 0.3 is 0 Å². The van der Waals surface area contributed by atoms with Gasteiger partial charge in [0.25, 0.3) is 0 Å². The summed E-state index contributed by atoms with van der Waals surface area (Å²) in [6.07, 6.45) is 0. The summed E-state index contributed by atoms with van der Waals surface area (Å²) in [5.41, 5.74) is 1.96. The Hall–Kier alpha value is -3.19. The number of nitrogens with zero attached hydrogens (tertiary/aromatic N) is 5. The van der Waals surface area contributed by atoms with E-state index in [4.69, 9.17) is 21.1 Å². The van der Waals surface area contributed by atoms with E-state index in [0.717, 1.165) is 31.9 Å². The Labute approximate surface area is 196 Å². The van der Waals surface area contributed by atoms with Gasteiger partial charge in [0, 0.05) is 44.7 Å². The lowest BCUT2D eigenvalue weighted by Gasteiger charge is -2.35. The lowest BCUT2D eigenvalue weighted by Crippen LogP contribution is -2.44. The molecule has 1 saturated heterocycles. The minimum absolute atomic E-state index is 0.0169. The monoisotopic (exact) mass is 470 g/mol. The van der Waals surface area contributed by atoms with Gasteiger partial charge in [-0.15, -0.1) is 10.2 Å². The van der Waals surface area contributed by atoms with Crippen LogP contribution in [0, 0.1) is 17.1 Å². The molecule has 0 amide bonds. The van der Waals surface area contributed by atoms with Crippen molar-refractivity contribution in [3.63, 3.8) is 0 Å². The minimum Gasteiger partial charge on any atom is -0.489 e. The highest BCUT2D eigenvalue weighted by Gasteiger charge is 2.22. The third-order valence-corrected chi connectivity index (χ3v) is 5.84. The predicted molar refractivity (Wildman–Crippen MR) is 126 cm³/mol. The molecule has 8 nitrogen and oxygen atoms in total. The van der Waals surface area contributed by atoms with E-state index in [1.165, 1.54) is 6.07 Å². The normalized spacial score (nSPS) is 14.3. The highest BCUT2D eigenvalue weighted by molar-refractivity contribution is 6.31. The van der Waals surface area contributed by atoms with Crippen molar-refractivity contribution in [2.45, 2.75) is 0 Å². The SMILES string of the molecule is COCCOc1cc2nnc(C#N)c(Nc3cccc(Cl)c3F)c2cc1N1CCN(C)CC1. The first-order valence-corrected chi connectivity index (χ1v) is 10.9. The molecule has 0 unspecified atom stereocenters. The summed E-state index contributed by atoms with van der Waals surface area (Å²) in [5, 5.41) is 21.5. The van der Waals surface area contributed by atoms with Crippen LogP contribution in [-0.2, 0) is 4.74 Å². The molecule has 1 aliphatic rings. The molecule has 33 heavy (non-hydrogen) atoms. The van der Waals surface area contributed by atoms with Crippen LogP contribution in [0.3, 0.4) is 0 Å². The summed E-state index contributed by atoms with van der Waals surface area (Å²) < 4.78 is 25.7. The third-order valence-electron chi connectivity index (χ3n) is 5.55. The number of nitrogens with one attached hydrogen (secondary N) is 1. The van der Waals surface area contributed by atoms with Crippen LogP contribution in [0.15, 0.2) is 30.3 Å². The van der Waals surface area contributed by atoms with E-state index in [1.54, 1.807) is 25.3 Å². The Morgan fingerprint density at radius 3 is 2.70 bits per heavy atom. The van der Waals surface area contributed by atoms with Crippen molar-refractivity contribution in [2.24, 2.45) is 0 Å². The first-order chi connectivity index (χ1) is 16.0. The zero-order valence-corrected chi connectivity index (χ0v) is 19.2. The summed E-state index contributed by atoms with van der Waals surface area (Å²) in [7, 11) is 3.71. The van der Waals surface area contributed by atoms with Crippen LogP contribution >= 0.6 is 11.6 Å². The Morgan fingerprint density at radius 2 is 1.97 bits per heavy atom. The number of ether oxygens (including phenoxy) is 2. The third kappa shape index (κ3) is 4.93. The van der Waals surface area contributed by atoms with E-state index in [-0.39, 0.29) is 16.4 Å². The van der Waals surface area contributed by atoms with Gasteiger partial charge in [-0.3, -0.25) is 0 Å². The van der Waals surface area contributed by atoms with Gasteiger partial charge in [0.1, 0.15) is 18.4 Å². The predicted octanol–water partition coefficient (Wildman–Crippen LogP) is 3.81. The molecule has 0 radical (unpaired) electrons. The molecule has 0 atom stereocenters. The lowest BCUT2D eigenvalue weighted by molar-refractivity contribution is 0.146. The van der Waals surface area contributed by atoms with Crippen molar-refractivity contribution < 1.29 is 13.9 Å². The zero-order valence-electron chi connectivity index (χ0n) is 18.4. The lowest BCUT2D eigenvalue weighted by atomic mass is 10.1. The number of fused-ring (bicyclic) bond motifs is 1. The number of likely N-dealkylation sites (N-methyl/N-ethyl adjacent to an activating group) is 1. The van der Waals surface area contributed by atoms with E-state index in [1.807, 2.05) is 12.1 Å². The van der Waals surface area contributed by atoms with Crippen LogP contribution in [0.1, 0.15) is 5.69 Å². The molecular formula is C23H24ClFN6O2. The summed E-state index contributed by atoms with van der Waals surface area (Å²) in [6, 6.07) is 10.4. The zero-order chi connectivity index (χ0) is 23.4. The second-order valence-electron chi connectivity index (χ2n) is 7.73. The van der Waals surface area contributed by atoms with Crippen molar-refractivity contribution in [3.8, 4) is 11.8 Å².